The fourth-order valence-electron chi connectivity index (χ4n) is 8.29. The van der Waals surface area contributed by atoms with Gasteiger partial charge in [-0.25, -0.2) is 19.6 Å². The Bertz CT molecular complexity index is 2270. The number of carbonyl (C=O) groups excluding carboxylic acids is 2. The summed E-state index contributed by atoms with van der Waals surface area (Å²) in [6, 6.07) is 18.5. The summed E-state index contributed by atoms with van der Waals surface area (Å²) in [6.07, 6.45) is 14.7. The van der Waals surface area contributed by atoms with Crippen LogP contribution in [0.25, 0.3) is 6.08 Å². The van der Waals surface area contributed by atoms with Crippen LogP contribution >= 0.6 is 0 Å². The zero-order chi connectivity index (χ0) is 42.1. The fraction of sp³-hybridized carbons (Fsp3) is 0.447. The standard InChI is InChI=1S/C27H30N4O3.C20H26N4O3/c1-2-34-27(32)24-14-28-31(18-24)17-21-10-11-26(30-15-22-13-23(22)16-30)29-25(21)9-6-12-33-19-20-7-4-3-5-8-20;1-2-27-20(26)17-9-21-24(13-17)12-14-5-6-19(22-18(14)4-3-7-25)23-10-15-8-16(15)11-23/h3-11,14,18,22-23H,2,12-13,15-17,19H2,1H3;5-6,9,13,15-16,25H,2-4,7-8,10-12H2,1H3/b9-6+;. The molecule has 6 heterocycles. The summed E-state index contributed by atoms with van der Waals surface area (Å²) in [4.78, 5) is 38.4. The average Bonchev–Trinajstić information content (AvgIpc) is 3.79. The number of carbonyl (C=O) groups is 2. The number of ether oxygens (including phenoxy) is 3. The van der Waals surface area contributed by atoms with Gasteiger partial charge >= 0.3 is 11.9 Å². The van der Waals surface area contributed by atoms with E-state index >= 15 is 0 Å². The van der Waals surface area contributed by atoms with E-state index in [1.54, 1.807) is 41.8 Å². The van der Waals surface area contributed by atoms with Crippen LogP contribution in [-0.2, 0) is 40.3 Å². The summed E-state index contributed by atoms with van der Waals surface area (Å²) in [7, 11) is 0. The van der Waals surface area contributed by atoms with Gasteiger partial charge in [0.1, 0.15) is 11.6 Å². The van der Waals surface area contributed by atoms with E-state index < -0.39 is 0 Å². The minimum absolute atomic E-state index is 0.147. The summed E-state index contributed by atoms with van der Waals surface area (Å²) in [5.41, 5.74) is 6.05. The number of benzene rings is 1. The highest BCUT2D eigenvalue weighted by molar-refractivity contribution is 5.89. The van der Waals surface area contributed by atoms with Crippen LogP contribution in [0, 0.1) is 23.7 Å². The quantitative estimate of drug-likeness (QED) is 0.0807. The molecular weight excluding hydrogens is 773 g/mol. The fourth-order valence-corrected chi connectivity index (χ4v) is 8.29. The van der Waals surface area contributed by atoms with Gasteiger partial charge in [-0.15, -0.1) is 0 Å². The van der Waals surface area contributed by atoms with Crippen molar-refractivity contribution in [3.8, 4) is 0 Å². The highest BCUT2D eigenvalue weighted by Crippen LogP contribution is 2.47. The van der Waals surface area contributed by atoms with Gasteiger partial charge in [0, 0.05) is 50.9 Å². The van der Waals surface area contributed by atoms with Gasteiger partial charge in [0.2, 0.25) is 0 Å². The molecule has 1 aromatic carbocycles. The van der Waals surface area contributed by atoms with E-state index in [0.29, 0.717) is 57.1 Å². The molecule has 0 spiro atoms. The number of esters is 2. The number of rotatable bonds is 18. The van der Waals surface area contributed by atoms with E-state index in [0.717, 1.165) is 96.0 Å². The molecule has 1 N–H and O–H groups in total. The number of fused-ring (bicyclic) bond motifs is 2. The summed E-state index contributed by atoms with van der Waals surface area (Å²) in [6.45, 7) is 11.0. The van der Waals surface area contributed by atoms with E-state index in [1.807, 2.05) is 30.4 Å². The third-order valence-corrected chi connectivity index (χ3v) is 11.8. The molecule has 4 aliphatic rings. The molecule has 0 amide bonds. The van der Waals surface area contributed by atoms with Crippen LogP contribution in [0.15, 0.2) is 85.5 Å². The number of hydrogen-bond acceptors (Lipinski definition) is 12. The Morgan fingerprint density at radius 3 is 1.87 bits per heavy atom. The maximum absolute atomic E-state index is 12.0. The maximum atomic E-state index is 12.0. The maximum Gasteiger partial charge on any atom is 0.341 e. The molecule has 4 aromatic heterocycles. The Balaban J connectivity index is 0.000000173. The summed E-state index contributed by atoms with van der Waals surface area (Å²) in [5.74, 6) is 4.75. The van der Waals surface area contributed by atoms with E-state index in [1.165, 1.54) is 19.0 Å². The normalized spacial score (nSPS) is 19.7. The number of aliphatic hydroxyl groups excluding tert-OH is 1. The average molecular weight is 829 g/mol. The van der Waals surface area contributed by atoms with Crippen molar-refractivity contribution < 1.29 is 28.9 Å². The summed E-state index contributed by atoms with van der Waals surface area (Å²) in [5, 5.41) is 17.9. The van der Waals surface area contributed by atoms with Gasteiger partial charge in [-0.2, -0.15) is 10.2 Å². The minimum atomic E-state index is -0.356. The molecule has 2 saturated carbocycles. The van der Waals surface area contributed by atoms with Crippen molar-refractivity contribution in [2.75, 3.05) is 62.4 Å². The van der Waals surface area contributed by atoms with E-state index in [9.17, 15) is 14.7 Å². The lowest BCUT2D eigenvalue weighted by atomic mass is 10.1. The first-order valence-electron chi connectivity index (χ1n) is 21.6. The second-order valence-corrected chi connectivity index (χ2v) is 16.3. The van der Waals surface area contributed by atoms with E-state index in [2.05, 4.69) is 56.4 Å². The zero-order valence-electron chi connectivity index (χ0n) is 35.1. The number of pyridine rings is 2. The van der Waals surface area contributed by atoms with Crippen molar-refractivity contribution in [2.24, 2.45) is 23.7 Å². The van der Waals surface area contributed by atoms with Gasteiger partial charge in [-0.1, -0.05) is 48.5 Å². The van der Waals surface area contributed by atoms with Crippen LogP contribution in [-0.4, -0.2) is 99.2 Å². The van der Waals surface area contributed by atoms with Crippen LogP contribution in [0.3, 0.4) is 0 Å². The second-order valence-electron chi connectivity index (χ2n) is 16.3. The van der Waals surface area contributed by atoms with Crippen LogP contribution < -0.4 is 9.80 Å². The number of hydrogen-bond donors (Lipinski definition) is 1. The lowest BCUT2D eigenvalue weighted by Gasteiger charge is -2.21. The van der Waals surface area contributed by atoms with Crippen LogP contribution in [0.5, 0.6) is 0 Å². The third-order valence-electron chi connectivity index (χ3n) is 11.8. The molecule has 4 fully saturated rings. The third kappa shape index (κ3) is 10.9. The predicted octanol–water partition coefficient (Wildman–Crippen LogP) is 6.07. The molecule has 4 atom stereocenters. The SMILES string of the molecule is CCOC(=O)c1cnn(Cc2ccc(N3CC4CC4C3)nc2/C=C/COCc2ccccc2)c1.CCOC(=O)c1cnn(Cc2ccc(N3CC4CC4C3)nc2CCCO)c1. The molecule has 4 unspecified atom stereocenters. The summed E-state index contributed by atoms with van der Waals surface area (Å²) >= 11 is 0. The number of nitrogens with zero attached hydrogens (tertiary/aromatic N) is 8. The first-order valence-corrected chi connectivity index (χ1v) is 21.6. The number of aryl methyl sites for hydroxylation is 1. The molecule has 0 bridgehead atoms. The van der Waals surface area contributed by atoms with Gasteiger partial charge < -0.3 is 29.1 Å². The first kappa shape index (κ1) is 41.9. The van der Waals surface area contributed by atoms with Crippen molar-refractivity contribution in [2.45, 2.75) is 59.2 Å². The molecule has 9 rings (SSSR count). The lowest BCUT2D eigenvalue weighted by molar-refractivity contribution is 0.0516. The molecule has 320 valence electrons. The largest absolute Gasteiger partial charge is 0.462 e. The highest BCUT2D eigenvalue weighted by Gasteiger charge is 2.46. The lowest BCUT2D eigenvalue weighted by Crippen LogP contribution is -2.23. The zero-order valence-corrected chi connectivity index (χ0v) is 35.1. The predicted molar refractivity (Wildman–Crippen MR) is 231 cm³/mol. The van der Waals surface area contributed by atoms with Crippen molar-refractivity contribution in [1.29, 1.82) is 0 Å². The smallest absolute Gasteiger partial charge is 0.341 e. The Morgan fingerprint density at radius 1 is 0.738 bits per heavy atom. The highest BCUT2D eigenvalue weighted by atomic mass is 16.5. The monoisotopic (exact) mass is 828 g/mol. The summed E-state index contributed by atoms with van der Waals surface area (Å²) < 4.78 is 19.4. The molecule has 61 heavy (non-hydrogen) atoms. The van der Waals surface area contributed by atoms with Crippen molar-refractivity contribution in [3.63, 3.8) is 0 Å². The molecule has 5 aromatic rings. The second kappa shape index (κ2) is 19.7. The van der Waals surface area contributed by atoms with Gasteiger partial charge in [0.05, 0.1) is 68.7 Å². The molecule has 2 aliphatic heterocycles. The van der Waals surface area contributed by atoms with E-state index in [4.69, 9.17) is 24.2 Å². The first-order chi connectivity index (χ1) is 29.9. The Morgan fingerprint density at radius 2 is 1.30 bits per heavy atom. The molecule has 14 heteroatoms. The Hall–Kier alpha value is -5.86. The number of anilines is 2. The number of piperidine rings is 2. The molecule has 0 radical (unpaired) electrons. The minimum Gasteiger partial charge on any atom is -0.462 e. The van der Waals surface area contributed by atoms with Gasteiger partial charge in [-0.05, 0) is 98.1 Å². The van der Waals surface area contributed by atoms with Crippen LogP contribution in [0.4, 0.5) is 11.6 Å². The van der Waals surface area contributed by atoms with Gasteiger partial charge in [0.15, 0.2) is 0 Å². The Labute approximate surface area is 357 Å². The van der Waals surface area contributed by atoms with Crippen molar-refractivity contribution >= 4 is 29.7 Å². The molecule has 14 nitrogen and oxygen atoms in total. The molecule has 2 saturated heterocycles. The van der Waals surface area contributed by atoms with Crippen LogP contribution in [0.2, 0.25) is 0 Å². The van der Waals surface area contributed by atoms with Crippen molar-refractivity contribution in [1.82, 2.24) is 29.5 Å². The Kier molecular flexibility index (Phi) is 13.5. The van der Waals surface area contributed by atoms with Crippen molar-refractivity contribution in [3.05, 3.63) is 125 Å². The topological polar surface area (TPSA) is 150 Å². The van der Waals surface area contributed by atoms with Gasteiger partial charge in [-0.3, -0.25) is 9.36 Å². The number of aliphatic hydroxyl groups is 1. The van der Waals surface area contributed by atoms with E-state index in [-0.39, 0.29) is 18.5 Å². The molecule has 2 aliphatic carbocycles. The van der Waals surface area contributed by atoms with Crippen LogP contribution in [0.1, 0.15) is 81.9 Å². The molecular formula is C47H56N8O6. The number of aromatic nitrogens is 6. The van der Waals surface area contributed by atoms with Gasteiger partial charge in [0.25, 0.3) is 0 Å².